The molecule has 2 N–H and O–H groups in total. The molecular weight excluding hydrogens is 226 g/mol. The van der Waals surface area contributed by atoms with E-state index in [0.29, 0.717) is 17.7 Å². The molecule has 0 unspecified atom stereocenters. The Hall–Kier alpha value is -1.63. The number of nitrogens with zero attached hydrogens (tertiary/aromatic N) is 4. The number of hydrogen-bond donors (Lipinski definition) is 1. The van der Waals surface area contributed by atoms with Gasteiger partial charge in [0.1, 0.15) is 5.01 Å². The average Bonchev–Trinajstić information content (AvgIpc) is 2.93. The van der Waals surface area contributed by atoms with E-state index in [1.807, 2.05) is 6.20 Å². The fraction of sp³-hybridized carbons (Fsp3) is 0.444. The summed E-state index contributed by atoms with van der Waals surface area (Å²) in [6.07, 6.45) is 5.84. The maximum atomic E-state index is 11.9. The molecule has 0 aliphatic heterocycles. The molecule has 2 aromatic heterocycles. The third-order valence-electron chi connectivity index (χ3n) is 2.60. The summed E-state index contributed by atoms with van der Waals surface area (Å²) in [6, 6.07) is 0.410. The summed E-state index contributed by atoms with van der Waals surface area (Å²) in [7, 11) is 0. The Labute approximate surface area is 95.3 Å². The van der Waals surface area contributed by atoms with Crippen LogP contribution in [0, 0.1) is 0 Å². The molecule has 84 valence electrons. The number of rotatable bonds is 3. The molecule has 0 aromatic carbocycles. The van der Waals surface area contributed by atoms with Gasteiger partial charge in [-0.1, -0.05) is 11.3 Å². The normalized spacial score (nSPS) is 15.5. The first-order valence-corrected chi connectivity index (χ1v) is 5.91. The van der Waals surface area contributed by atoms with Gasteiger partial charge >= 0.3 is 5.69 Å². The van der Waals surface area contributed by atoms with Crippen molar-refractivity contribution in [2.24, 2.45) is 0 Å². The number of hydrogen-bond acceptors (Lipinski definition) is 5. The van der Waals surface area contributed by atoms with Crippen LogP contribution in [-0.4, -0.2) is 19.3 Å². The van der Waals surface area contributed by atoms with Crippen molar-refractivity contribution < 1.29 is 0 Å². The zero-order valence-corrected chi connectivity index (χ0v) is 9.35. The molecule has 0 spiro atoms. The second-order valence-electron chi connectivity index (χ2n) is 3.88. The van der Waals surface area contributed by atoms with Crippen LogP contribution in [0.4, 0.5) is 5.13 Å². The van der Waals surface area contributed by atoms with Gasteiger partial charge in [0.2, 0.25) is 5.13 Å². The van der Waals surface area contributed by atoms with Crippen molar-refractivity contribution in [1.82, 2.24) is 19.3 Å². The van der Waals surface area contributed by atoms with E-state index in [9.17, 15) is 4.79 Å². The minimum Gasteiger partial charge on any atom is -0.374 e. The molecule has 0 atom stereocenters. The van der Waals surface area contributed by atoms with Gasteiger partial charge in [0.25, 0.3) is 0 Å². The number of aromatic nitrogens is 4. The molecule has 1 fully saturated rings. The minimum absolute atomic E-state index is 0.0243. The molecule has 7 heteroatoms. The third kappa shape index (κ3) is 1.63. The molecule has 3 rings (SSSR count). The summed E-state index contributed by atoms with van der Waals surface area (Å²) in [6.45, 7) is 0.452. The molecule has 2 aromatic rings. The van der Waals surface area contributed by atoms with E-state index >= 15 is 0 Å². The van der Waals surface area contributed by atoms with Crippen LogP contribution in [0.1, 0.15) is 23.9 Å². The highest BCUT2D eigenvalue weighted by molar-refractivity contribution is 7.15. The lowest BCUT2D eigenvalue weighted by Gasteiger charge is -1.97. The lowest BCUT2D eigenvalue weighted by molar-refractivity contribution is 0.653. The second-order valence-corrected chi connectivity index (χ2v) is 4.97. The van der Waals surface area contributed by atoms with Crippen molar-refractivity contribution in [1.29, 1.82) is 0 Å². The van der Waals surface area contributed by atoms with Crippen molar-refractivity contribution in [2.75, 3.05) is 5.73 Å². The van der Waals surface area contributed by atoms with Crippen molar-refractivity contribution in [2.45, 2.75) is 25.4 Å². The number of imidazole rings is 1. The Bertz CT molecular complexity index is 564. The van der Waals surface area contributed by atoms with Crippen LogP contribution in [0.25, 0.3) is 0 Å². The summed E-state index contributed by atoms with van der Waals surface area (Å²) in [4.78, 5) is 11.9. The molecule has 1 saturated carbocycles. The Balaban J connectivity index is 1.87. The Morgan fingerprint density at radius 2 is 2.25 bits per heavy atom. The fourth-order valence-electron chi connectivity index (χ4n) is 1.66. The molecule has 2 heterocycles. The van der Waals surface area contributed by atoms with E-state index in [1.54, 1.807) is 15.3 Å². The van der Waals surface area contributed by atoms with Crippen molar-refractivity contribution >= 4 is 16.5 Å². The zero-order chi connectivity index (χ0) is 11.1. The first kappa shape index (κ1) is 9.59. The number of nitrogens with two attached hydrogens (primary N) is 1. The summed E-state index contributed by atoms with van der Waals surface area (Å²) in [5, 5.41) is 8.81. The summed E-state index contributed by atoms with van der Waals surface area (Å²) in [5.41, 5.74) is 5.51. The fourth-order valence-corrected chi connectivity index (χ4v) is 2.26. The third-order valence-corrected chi connectivity index (χ3v) is 3.34. The Morgan fingerprint density at radius 1 is 1.44 bits per heavy atom. The monoisotopic (exact) mass is 237 g/mol. The van der Waals surface area contributed by atoms with E-state index in [0.717, 1.165) is 17.8 Å². The molecule has 0 saturated heterocycles. The van der Waals surface area contributed by atoms with Gasteiger partial charge in [-0.25, -0.2) is 4.79 Å². The zero-order valence-electron chi connectivity index (χ0n) is 8.54. The summed E-state index contributed by atoms with van der Waals surface area (Å²) in [5.74, 6) is 0. The molecule has 0 bridgehead atoms. The Morgan fingerprint density at radius 3 is 2.88 bits per heavy atom. The smallest absolute Gasteiger partial charge is 0.328 e. The van der Waals surface area contributed by atoms with Crippen molar-refractivity contribution in [3.05, 3.63) is 27.9 Å². The first-order chi connectivity index (χ1) is 7.74. The van der Waals surface area contributed by atoms with Gasteiger partial charge in [0.15, 0.2) is 0 Å². The van der Waals surface area contributed by atoms with Gasteiger partial charge in [0, 0.05) is 18.4 Å². The van der Waals surface area contributed by atoms with E-state index < -0.39 is 0 Å². The first-order valence-electron chi connectivity index (χ1n) is 5.09. The van der Waals surface area contributed by atoms with Crippen LogP contribution >= 0.6 is 11.3 Å². The summed E-state index contributed by atoms with van der Waals surface area (Å²) < 4.78 is 3.42. The van der Waals surface area contributed by atoms with Crippen molar-refractivity contribution in [3.8, 4) is 0 Å². The van der Waals surface area contributed by atoms with Crippen LogP contribution in [0.2, 0.25) is 0 Å². The number of nitrogen functional groups attached to an aromatic ring is 1. The van der Waals surface area contributed by atoms with Crippen LogP contribution in [0.5, 0.6) is 0 Å². The molecule has 0 radical (unpaired) electrons. The molecule has 1 aliphatic carbocycles. The van der Waals surface area contributed by atoms with E-state index in [1.165, 1.54) is 11.3 Å². The predicted molar refractivity (Wildman–Crippen MR) is 60.4 cm³/mol. The molecule has 6 nitrogen and oxygen atoms in total. The van der Waals surface area contributed by atoms with E-state index in [2.05, 4.69) is 10.2 Å². The van der Waals surface area contributed by atoms with Gasteiger partial charge in [-0.3, -0.25) is 9.13 Å². The van der Waals surface area contributed by atoms with Crippen LogP contribution in [-0.2, 0) is 6.54 Å². The van der Waals surface area contributed by atoms with E-state index in [-0.39, 0.29) is 5.69 Å². The van der Waals surface area contributed by atoms with Crippen LogP contribution in [0.15, 0.2) is 17.2 Å². The SMILES string of the molecule is Nc1nnc(Cn2ccn(C3CC3)c2=O)s1. The average molecular weight is 237 g/mol. The van der Waals surface area contributed by atoms with Gasteiger partial charge in [-0.05, 0) is 12.8 Å². The molecule has 0 amide bonds. The standard InChI is InChI=1S/C9H11N5OS/c10-8-12-11-7(16-8)5-13-3-4-14(9(13)15)6-1-2-6/h3-4,6H,1-2,5H2,(H2,10,12). The minimum atomic E-state index is 0.0243. The van der Waals surface area contributed by atoms with Crippen LogP contribution in [0.3, 0.4) is 0 Å². The predicted octanol–water partition coefficient (Wildman–Crippen LogP) is 0.467. The van der Waals surface area contributed by atoms with Gasteiger partial charge in [-0.15, -0.1) is 10.2 Å². The van der Waals surface area contributed by atoms with Crippen molar-refractivity contribution in [3.63, 3.8) is 0 Å². The topological polar surface area (TPSA) is 78.7 Å². The lowest BCUT2D eigenvalue weighted by Crippen LogP contribution is -2.23. The van der Waals surface area contributed by atoms with E-state index in [4.69, 9.17) is 5.73 Å². The maximum Gasteiger partial charge on any atom is 0.328 e. The summed E-state index contributed by atoms with van der Waals surface area (Å²) >= 11 is 1.31. The lowest BCUT2D eigenvalue weighted by atomic mass is 10.6. The number of anilines is 1. The largest absolute Gasteiger partial charge is 0.374 e. The molecule has 16 heavy (non-hydrogen) atoms. The molecular formula is C9H11N5OS. The Kier molecular flexibility index (Phi) is 2.06. The highest BCUT2D eigenvalue weighted by atomic mass is 32.1. The van der Waals surface area contributed by atoms with Crippen LogP contribution < -0.4 is 11.4 Å². The second kappa shape index (κ2) is 3.44. The quantitative estimate of drug-likeness (QED) is 0.841. The van der Waals surface area contributed by atoms with Gasteiger partial charge < -0.3 is 5.73 Å². The highest BCUT2D eigenvalue weighted by Crippen LogP contribution is 2.33. The van der Waals surface area contributed by atoms with Gasteiger partial charge in [-0.2, -0.15) is 0 Å². The highest BCUT2D eigenvalue weighted by Gasteiger charge is 2.25. The molecule has 1 aliphatic rings. The maximum absolute atomic E-state index is 11.9. The van der Waals surface area contributed by atoms with Gasteiger partial charge in [0.05, 0.1) is 6.54 Å².